The fraction of sp³-hybridized carbons (Fsp3) is 0.571. The lowest BCUT2D eigenvalue weighted by molar-refractivity contribution is -0.131. The van der Waals surface area contributed by atoms with Gasteiger partial charge in [-0.2, -0.15) is 5.10 Å². The van der Waals surface area contributed by atoms with Gasteiger partial charge >= 0.3 is 5.97 Å². The predicted octanol–water partition coefficient (Wildman–Crippen LogP) is 1.44. The van der Waals surface area contributed by atoms with Gasteiger partial charge in [0.2, 0.25) is 0 Å². The van der Waals surface area contributed by atoms with Crippen LogP contribution in [0.5, 0.6) is 0 Å². The van der Waals surface area contributed by atoms with Crippen molar-refractivity contribution in [2.45, 2.75) is 26.3 Å². The third-order valence-corrected chi connectivity index (χ3v) is 3.60. The van der Waals surface area contributed by atoms with Gasteiger partial charge in [0.25, 0.3) is 0 Å². The molecule has 0 saturated carbocycles. The van der Waals surface area contributed by atoms with E-state index in [2.05, 4.69) is 16.9 Å². The Morgan fingerprint density at radius 3 is 3.00 bits per heavy atom. The Kier molecular flexibility index (Phi) is 4.44. The maximum atomic E-state index is 10.8. The van der Waals surface area contributed by atoms with Crippen LogP contribution in [0.1, 0.15) is 24.6 Å². The third kappa shape index (κ3) is 2.85. The van der Waals surface area contributed by atoms with Gasteiger partial charge in [-0.15, -0.1) is 0 Å². The summed E-state index contributed by atoms with van der Waals surface area (Å²) >= 11 is 0. The van der Waals surface area contributed by atoms with Crippen molar-refractivity contribution in [2.75, 3.05) is 24.7 Å². The van der Waals surface area contributed by atoms with Gasteiger partial charge in [-0.25, -0.2) is 4.79 Å². The molecule has 1 aliphatic rings. The number of morpholine rings is 1. The second-order valence-electron chi connectivity index (χ2n) is 4.95. The molecule has 20 heavy (non-hydrogen) atoms. The Morgan fingerprint density at radius 1 is 1.60 bits per heavy atom. The molecule has 1 atom stereocenters. The molecule has 1 fully saturated rings. The monoisotopic (exact) mass is 279 g/mol. The average molecular weight is 279 g/mol. The molecule has 2 rings (SSSR count). The van der Waals surface area contributed by atoms with Crippen molar-refractivity contribution in [1.82, 2.24) is 9.78 Å². The molecule has 1 aromatic heterocycles. The van der Waals surface area contributed by atoms with E-state index >= 15 is 0 Å². The van der Waals surface area contributed by atoms with E-state index in [1.165, 1.54) is 0 Å². The van der Waals surface area contributed by atoms with E-state index in [9.17, 15) is 4.79 Å². The lowest BCUT2D eigenvalue weighted by Gasteiger charge is -2.37. The summed E-state index contributed by atoms with van der Waals surface area (Å²) in [5.74, 6) is 0.0170. The van der Waals surface area contributed by atoms with Crippen molar-refractivity contribution in [3.8, 4) is 0 Å². The number of rotatable bonds is 4. The number of carboxylic acid groups (broad SMARTS) is 1. The molecule has 0 bridgehead atoms. The largest absolute Gasteiger partial charge is 0.478 e. The van der Waals surface area contributed by atoms with Crippen molar-refractivity contribution < 1.29 is 14.6 Å². The summed E-state index contributed by atoms with van der Waals surface area (Å²) < 4.78 is 7.35. The molecule has 0 spiro atoms. The summed E-state index contributed by atoms with van der Waals surface area (Å²) in [7, 11) is 1.89. The Bertz CT molecular complexity index is 522. The van der Waals surface area contributed by atoms with Crippen LogP contribution in [0.2, 0.25) is 0 Å². The van der Waals surface area contributed by atoms with Crippen LogP contribution in [-0.2, 0) is 16.6 Å². The molecule has 1 aliphatic heterocycles. The van der Waals surface area contributed by atoms with E-state index in [-0.39, 0.29) is 0 Å². The van der Waals surface area contributed by atoms with Crippen LogP contribution < -0.4 is 4.90 Å². The maximum Gasteiger partial charge on any atom is 0.328 e. The lowest BCUT2D eigenvalue weighted by Crippen LogP contribution is -2.46. The van der Waals surface area contributed by atoms with E-state index in [4.69, 9.17) is 9.84 Å². The summed E-state index contributed by atoms with van der Waals surface area (Å²) in [6.07, 6.45) is 3.77. The molecule has 0 aliphatic carbocycles. The van der Waals surface area contributed by atoms with Crippen LogP contribution in [0.25, 0.3) is 6.08 Å². The number of ether oxygens (including phenoxy) is 1. The zero-order valence-electron chi connectivity index (χ0n) is 12.2. The van der Waals surface area contributed by atoms with Crippen molar-refractivity contribution in [3.63, 3.8) is 0 Å². The highest BCUT2D eigenvalue weighted by Crippen LogP contribution is 2.28. The first kappa shape index (κ1) is 14.6. The van der Waals surface area contributed by atoms with E-state index in [0.717, 1.165) is 36.1 Å². The van der Waals surface area contributed by atoms with Crippen LogP contribution in [0.15, 0.2) is 6.08 Å². The van der Waals surface area contributed by atoms with Crippen molar-refractivity contribution in [2.24, 2.45) is 7.05 Å². The second kappa shape index (κ2) is 6.09. The summed E-state index contributed by atoms with van der Waals surface area (Å²) in [4.78, 5) is 13.0. The molecule has 0 amide bonds. The number of aryl methyl sites for hydroxylation is 2. The molecule has 2 heterocycles. The zero-order chi connectivity index (χ0) is 14.7. The van der Waals surface area contributed by atoms with Gasteiger partial charge in [0, 0.05) is 25.2 Å². The first-order valence-corrected chi connectivity index (χ1v) is 6.83. The molecule has 1 saturated heterocycles. The minimum absolute atomic E-state index is 0.301. The van der Waals surface area contributed by atoms with Crippen LogP contribution in [0, 0.1) is 6.92 Å². The summed E-state index contributed by atoms with van der Waals surface area (Å²) in [5, 5.41) is 13.2. The van der Waals surface area contributed by atoms with Crippen LogP contribution in [0.4, 0.5) is 5.82 Å². The van der Waals surface area contributed by atoms with Crippen molar-refractivity contribution in [1.29, 1.82) is 0 Å². The smallest absolute Gasteiger partial charge is 0.328 e. The highest BCUT2D eigenvalue weighted by atomic mass is 16.5. The standard InChI is InChI=1S/C14H21N3O3/c1-4-11-9-20-8-7-17(11)14-12(5-6-13(18)19)10(2)15-16(14)3/h5-6,11H,4,7-9H2,1-3H3,(H,18,19)/b6-5+. The summed E-state index contributed by atoms with van der Waals surface area (Å²) in [6.45, 7) is 6.20. The maximum absolute atomic E-state index is 10.8. The Morgan fingerprint density at radius 2 is 2.35 bits per heavy atom. The molecular weight excluding hydrogens is 258 g/mol. The van der Waals surface area contributed by atoms with Gasteiger partial charge in [-0.05, 0) is 19.4 Å². The molecule has 0 radical (unpaired) electrons. The first-order valence-electron chi connectivity index (χ1n) is 6.83. The topological polar surface area (TPSA) is 67.6 Å². The minimum Gasteiger partial charge on any atom is -0.478 e. The first-order chi connectivity index (χ1) is 9.54. The molecule has 110 valence electrons. The van der Waals surface area contributed by atoms with Crippen LogP contribution in [-0.4, -0.2) is 46.7 Å². The highest BCUT2D eigenvalue weighted by molar-refractivity contribution is 5.87. The second-order valence-corrected chi connectivity index (χ2v) is 4.95. The van der Waals surface area contributed by atoms with E-state index in [0.29, 0.717) is 19.3 Å². The van der Waals surface area contributed by atoms with Crippen LogP contribution >= 0.6 is 0 Å². The Balaban J connectivity index is 2.41. The van der Waals surface area contributed by atoms with Gasteiger partial charge in [-0.3, -0.25) is 4.68 Å². The van der Waals surface area contributed by atoms with E-state index in [1.54, 1.807) is 6.08 Å². The number of carbonyl (C=O) groups is 1. The number of aliphatic carboxylic acids is 1. The summed E-state index contributed by atoms with van der Waals surface area (Å²) in [5.41, 5.74) is 1.71. The van der Waals surface area contributed by atoms with Gasteiger partial charge in [-0.1, -0.05) is 6.92 Å². The summed E-state index contributed by atoms with van der Waals surface area (Å²) in [6, 6.07) is 0.301. The minimum atomic E-state index is -0.951. The molecule has 6 heteroatoms. The number of carboxylic acids is 1. The number of hydrogen-bond donors (Lipinski definition) is 1. The SMILES string of the molecule is CCC1COCCN1c1c(/C=C/C(=O)O)c(C)nn1C. The highest BCUT2D eigenvalue weighted by Gasteiger charge is 2.26. The Hall–Kier alpha value is -1.82. The quantitative estimate of drug-likeness (QED) is 0.845. The molecule has 6 nitrogen and oxygen atoms in total. The molecule has 1 N–H and O–H groups in total. The normalized spacial score (nSPS) is 19.8. The fourth-order valence-electron chi connectivity index (χ4n) is 2.62. The van der Waals surface area contributed by atoms with Crippen molar-refractivity contribution in [3.05, 3.63) is 17.3 Å². The Labute approximate surface area is 118 Å². The van der Waals surface area contributed by atoms with Gasteiger partial charge in [0.1, 0.15) is 5.82 Å². The van der Waals surface area contributed by atoms with Gasteiger partial charge in [0.15, 0.2) is 0 Å². The number of nitrogens with zero attached hydrogens (tertiary/aromatic N) is 3. The molecular formula is C14H21N3O3. The zero-order valence-corrected chi connectivity index (χ0v) is 12.2. The van der Waals surface area contributed by atoms with E-state index in [1.807, 2.05) is 18.7 Å². The number of hydrogen-bond acceptors (Lipinski definition) is 4. The average Bonchev–Trinajstić information content (AvgIpc) is 2.70. The number of anilines is 1. The van der Waals surface area contributed by atoms with Crippen LogP contribution in [0.3, 0.4) is 0 Å². The predicted molar refractivity (Wildman–Crippen MR) is 76.9 cm³/mol. The molecule has 1 unspecified atom stereocenters. The van der Waals surface area contributed by atoms with Crippen molar-refractivity contribution >= 4 is 17.9 Å². The lowest BCUT2D eigenvalue weighted by atomic mass is 10.1. The number of aromatic nitrogens is 2. The fourth-order valence-corrected chi connectivity index (χ4v) is 2.62. The van der Waals surface area contributed by atoms with E-state index < -0.39 is 5.97 Å². The molecule has 0 aromatic carbocycles. The van der Waals surface area contributed by atoms with Gasteiger partial charge < -0.3 is 14.7 Å². The van der Waals surface area contributed by atoms with Gasteiger partial charge in [0.05, 0.1) is 24.9 Å². The molecule has 1 aromatic rings. The third-order valence-electron chi connectivity index (χ3n) is 3.60.